The molecule has 72 valence electrons. The molecule has 0 radical (unpaired) electrons. The Balaban J connectivity index is 2.91. The molecule has 0 atom stereocenters. The number of halogens is 2. The van der Waals surface area contributed by atoms with Gasteiger partial charge in [-0.25, -0.2) is 4.39 Å². The highest BCUT2D eigenvalue weighted by Crippen LogP contribution is 2.28. The number of fused-ring (bicyclic) bond motifs is 1. The van der Waals surface area contributed by atoms with Crippen LogP contribution in [0.3, 0.4) is 0 Å². The molecule has 0 aliphatic heterocycles. The van der Waals surface area contributed by atoms with Crippen molar-refractivity contribution in [2.45, 2.75) is 0 Å². The van der Waals surface area contributed by atoms with Crippen LogP contribution in [0, 0.1) is 5.82 Å². The van der Waals surface area contributed by atoms with E-state index in [9.17, 15) is 4.39 Å². The molecular weight excluding hydrogens is 207 g/mol. The zero-order valence-electron chi connectivity index (χ0n) is 7.29. The summed E-state index contributed by atoms with van der Waals surface area (Å²) in [5.41, 5.74) is 0. The zero-order valence-corrected chi connectivity index (χ0v) is 8.05. The standard InChI is InChI=1S/C9H6ClFN2O/c1-14-9-5-3-2-4-6(11)7(5)8(10)12-13-9/h2-4H,1H3. The van der Waals surface area contributed by atoms with Crippen LogP contribution in [0.5, 0.6) is 5.88 Å². The van der Waals surface area contributed by atoms with Gasteiger partial charge in [0.2, 0.25) is 5.88 Å². The summed E-state index contributed by atoms with van der Waals surface area (Å²) in [6.45, 7) is 0. The molecule has 0 N–H and O–H groups in total. The first-order valence-corrected chi connectivity index (χ1v) is 4.26. The molecule has 2 aromatic rings. The van der Waals surface area contributed by atoms with Crippen LogP contribution in [0.4, 0.5) is 4.39 Å². The fraction of sp³-hybridized carbons (Fsp3) is 0.111. The largest absolute Gasteiger partial charge is 0.479 e. The quantitative estimate of drug-likeness (QED) is 0.728. The summed E-state index contributed by atoms with van der Waals surface area (Å²) in [5.74, 6) is -0.162. The van der Waals surface area contributed by atoms with E-state index in [0.29, 0.717) is 5.39 Å². The second kappa shape index (κ2) is 3.38. The Bertz CT molecular complexity index is 481. The normalized spacial score (nSPS) is 10.5. The van der Waals surface area contributed by atoms with E-state index in [2.05, 4.69) is 10.2 Å². The Morgan fingerprint density at radius 3 is 2.86 bits per heavy atom. The van der Waals surface area contributed by atoms with E-state index in [4.69, 9.17) is 16.3 Å². The molecule has 0 saturated heterocycles. The topological polar surface area (TPSA) is 35.0 Å². The van der Waals surface area contributed by atoms with Gasteiger partial charge in [0, 0.05) is 0 Å². The Hall–Kier alpha value is -1.42. The number of methoxy groups -OCH3 is 1. The summed E-state index contributed by atoms with van der Waals surface area (Å²) in [5, 5.41) is 8.08. The number of nitrogens with zero attached hydrogens (tertiary/aromatic N) is 2. The lowest BCUT2D eigenvalue weighted by atomic mass is 10.2. The lowest BCUT2D eigenvalue weighted by molar-refractivity contribution is 0.397. The molecule has 1 heterocycles. The van der Waals surface area contributed by atoms with Crippen molar-refractivity contribution in [2.75, 3.05) is 7.11 Å². The molecule has 0 unspecified atom stereocenters. The van der Waals surface area contributed by atoms with Gasteiger partial charge in [0.15, 0.2) is 5.15 Å². The van der Waals surface area contributed by atoms with E-state index in [1.165, 1.54) is 13.2 Å². The highest BCUT2D eigenvalue weighted by molar-refractivity contribution is 6.34. The molecule has 0 saturated carbocycles. The summed E-state index contributed by atoms with van der Waals surface area (Å²) >= 11 is 5.72. The smallest absolute Gasteiger partial charge is 0.241 e. The number of hydrogen-bond acceptors (Lipinski definition) is 3. The first kappa shape index (κ1) is 9.15. The van der Waals surface area contributed by atoms with Crippen molar-refractivity contribution in [1.29, 1.82) is 0 Å². The maximum absolute atomic E-state index is 13.4. The summed E-state index contributed by atoms with van der Waals surface area (Å²) in [4.78, 5) is 0. The fourth-order valence-corrected chi connectivity index (χ4v) is 1.49. The summed E-state index contributed by atoms with van der Waals surface area (Å²) in [7, 11) is 1.45. The van der Waals surface area contributed by atoms with Gasteiger partial charge in [0.25, 0.3) is 0 Å². The van der Waals surface area contributed by atoms with Gasteiger partial charge in [0.05, 0.1) is 17.9 Å². The average Bonchev–Trinajstić information content (AvgIpc) is 2.18. The molecule has 0 fully saturated rings. The summed E-state index contributed by atoms with van der Waals surface area (Å²) in [6, 6.07) is 4.56. The van der Waals surface area contributed by atoms with Crippen LogP contribution in [0.15, 0.2) is 18.2 Å². The second-order valence-electron chi connectivity index (χ2n) is 2.66. The van der Waals surface area contributed by atoms with Crippen molar-refractivity contribution < 1.29 is 9.13 Å². The van der Waals surface area contributed by atoms with Crippen molar-refractivity contribution in [3.63, 3.8) is 0 Å². The van der Waals surface area contributed by atoms with Gasteiger partial charge in [-0.1, -0.05) is 17.7 Å². The van der Waals surface area contributed by atoms with E-state index < -0.39 is 5.82 Å². The first-order chi connectivity index (χ1) is 6.74. The Morgan fingerprint density at radius 2 is 2.14 bits per heavy atom. The monoisotopic (exact) mass is 212 g/mol. The Morgan fingerprint density at radius 1 is 1.36 bits per heavy atom. The molecule has 2 rings (SSSR count). The highest BCUT2D eigenvalue weighted by atomic mass is 35.5. The minimum absolute atomic E-state index is 0.0406. The van der Waals surface area contributed by atoms with Crippen LogP contribution >= 0.6 is 11.6 Å². The Labute approximate surface area is 84.5 Å². The summed E-state index contributed by atoms with van der Waals surface area (Å²) < 4.78 is 18.3. The third kappa shape index (κ3) is 1.28. The number of rotatable bonds is 1. The molecule has 5 heteroatoms. The van der Waals surface area contributed by atoms with Gasteiger partial charge in [-0.05, 0) is 12.1 Å². The molecule has 0 amide bonds. The fourth-order valence-electron chi connectivity index (χ4n) is 1.26. The van der Waals surface area contributed by atoms with E-state index >= 15 is 0 Å². The first-order valence-electron chi connectivity index (χ1n) is 3.88. The average molecular weight is 213 g/mol. The predicted octanol–water partition coefficient (Wildman–Crippen LogP) is 2.43. The third-order valence-electron chi connectivity index (χ3n) is 1.87. The van der Waals surface area contributed by atoms with Crippen molar-refractivity contribution in [2.24, 2.45) is 0 Å². The van der Waals surface area contributed by atoms with E-state index in [-0.39, 0.29) is 16.4 Å². The van der Waals surface area contributed by atoms with Gasteiger partial charge < -0.3 is 4.74 Å². The molecule has 1 aromatic heterocycles. The molecular formula is C9H6ClFN2O. The number of hydrogen-bond donors (Lipinski definition) is 0. The van der Waals surface area contributed by atoms with Crippen LogP contribution in [0.2, 0.25) is 5.15 Å². The van der Waals surface area contributed by atoms with Gasteiger partial charge in [0.1, 0.15) is 5.82 Å². The molecule has 1 aromatic carbocycles. The van der Waals surface area contributed by atoms with Crippen LogP contribution in [-0.2, 0) is 0 Å². The van der Waals surface area contributed by atoms with Crippen LogP contribution in [0.25, 0.3) is 10.8 Å². The predicted molar refractivity (Wildman–Crippen MR) is 51.1 cm³/mol. The van der Waals surface area contributed by atoms with Gasteiger partial charge in [-0.2, -0.15) is 0 Å². The lowest BCUT2D eigenvalue weighted by Crippen LogP contribution is -1.94. The summed E-state index contributed by atoms with van der Waals surface area (Å²) in [6.07, 6.45) is 0. The van der Waals surface area contributed by atoms with Crippen LogP contribution in [0.1, 0.15) is 0 Å². The Kier molecular flexibility index (Phi) is 2.21. The van der Waals surface area contributed by atoms with Crippen molar-refractivity contribution in [1.82, 2.24) is 10.2 Å². The molecule has 3 nitrogen and oxygen atoms in total. The number of benzene rings is 1. The number of aromatic nitrogens is 2. The minimum Gasteiger partial charge on any atom is -0.479 e. The van der Waals surface area contributed by atoms with Gasteiger partial charge in [-0.15, -0.1) is 10.2 Å². The maximum Gasteiger partial charge on any atom is 0.241 e. The van der Waals surface area contributed by atoms with Gasteiger partial charge >= 0.3 is 0 Å². The maximum atomic E-state index is 13.4. The van der Waals surface area contributed by atoms with Gasteiger partial charge in [-0.3, -0.25) is 0 Å². The van der Waals surface area contributed by atoms with Crippen LogP contribution in [-0.4, -0.2) is 17.3 Å². The lowest BCUT2D eigenvalue weighted by Gasteiger charge is -2.04. The number of ether oxygens (including phenoxy) is 1. The molecule has 0 aliphatic rings. The molecule has 14 heavy (non-hydrogen) atoms. The molecule has 0 aliphatic carbocycles. The SMILES string of the molecule is COc1nnc(Cl)c2c(F)cccc12. The van der Waals surface area contributed by atoms with Crippen molar-refractivity contribution in [3.8, 4) is 5.88 Å². The second-order valence-corrected chi connectivity index (χ2v) is 3.02. The zero-order chi connectivity index (χ0) is 10.1. The van der Waals surface area contributed by atoms with Crippen molar-refractivity contribution in [3.05, 3.63) is 29.2 Å². The highest BCUT2D eigenvalue weighted by Gasteiger charge is 2.11. The third-order valence-corrected chi connectivity index (χ3v) is 2.14. The van der Waals surface area contributed by atoms with Crippen molar-refractivity contribution >= 4 is 22.4 Å². The van der Waals surface area contributed by atoms with E-state index in [1.54, 1.807) is 12.1 Å². The van der Waals surface area contributed by atoms with E-state index in [1.807, 2.05) is 0 Å². The van der Waals surface area contributed by atoms with E-state index in [0.717, 1.165) is 0 Å². The molecule has 0 spiro atoms. The molecule has 0 bridgehead atoms. The minimum atomic E-state index is -0.430. The van der Waals surface area contributed by atoms with Crippen LogP contribution < -0.4 is 4.74 Å².